The van der Waals surface area contributed by atoms with Crippen LogP contribution in [0.3, 0.4) is 0 Å². The molecule has 0 aliphatic heterocycles. The van der Waals surface area contributed by atoms with Crippen LogP contribution >= 0.6 is 11.8 Å². The van der Waals surface area contributed by atoms with Gasteiger partial charge in [-0.2, -0.15) is 0 Å². The number of para-hydroxylation sites is 2. The van der Waals surface area contributed by atoms with Crippen LogP contribution in [0.2, 0.25) is 0 Å². The van der Waals surface area contributed by atoms with Crippen molar-refractivity contribution in [2.45, 2.75) is 31.2 Å². The van der Waals surface area contributed by atoms with Gasteiger partial charge in [0.25, 0.3) is 5.56 Å². The minimum atomic E-state index is -0.540. The molecule has 2 N–H and O–H groups in total. The van der Waals surface area contributed by atoms with Crippen LogP contribution in [0.5, 0.6) is 0 Å². The van der Waals surface area contributed by atoms with Crippen molar-refractivity contribution < 1.29 is 9.59 Å². The topological polar surface area (TPSA) is 110 Å². The number of aromatic nitrogens is 4. The van der Waals surface area contributed by atoms with Crippen molar-refractivity contribution in [1.82, 2.24) is 24.5 Å². The molecule has 0 fully saturated rings. The van der Waals surface area contributed by atoms with E-state index in [-0.39, 0.29) is 23.9 Å². The summed E-state index contributed by atoms with van der Waals surface area (Å²) >= 11 is 1.21. The number of aryl methyl sites for hydroxylation is 3. The zero-order chi connectivity index (χ0) is 23.7. The Morgan fingerprint density at radius 2 is 1.76 bits per heavy atom. The molecule has 1 atom stereocenters. The second-order valence-corrected chi connectivity index (χ2v) is 9.10. The summed E-state index contributed by atoms with van der Waals surface area (Å²) < 4.78 is 3.20. The molecule has 2 heterocycles. The lowest BCUT2D eigenvalue weighted by atomic mass is 10.1. The van der Waals surface area contributed by atoms with Crippen molar-refractivity contribution >= 4 is 45.9 Å². The van der Waals surface area contributed by atoms with Crippen LogP contribution < -0.4 is 16.2 Å². The van der Waals surface area contributed by atoms with Crippen LogP contribution in [0.1, 0.15) is 18.1 Å². The van der Waals surface area contributed by atoms with Gasteiger partial charge in [-0.05, 0) is 44.0 Å². The summed E-state index contributed by atoms with van der Waals surface area (Å²) in [6.45, 7) is 5.43. The first-order valence-corrected chi connectivity index (χ1v) is 11.3. The Morgan fingerprint density at radius 1 is 1.06 bits per heavy atom. The number of anilines is 1. The van der Waals surface area contributed by atoms with Gasteiger partial charge in [0.05, 0.1) is 22.7 Å². The second kappa shape index (κ2) is 9.07. The van der Waals surface area contributed by atoms with Crippen molar-refractivity contribution in [3.05, 3.63) is 63.9 Å². The lowest BCUT2D eigenvalue weighted by Gasteiger charge is -2.14. The summed E-state index contributed by atoms with van der Waals surface area (Å²) in [4.78, 5) is 37.6. The molecule has 0 aliphatic carbocycles. The lowest BCUT2D eigenvalue weighted by Crippen LogP contribution is -2.37. The summed E-state index contributed by atoms with van der Waals surface area (Å²) in [6.07, 6.45) is 0. The molecule has 2 aromatic carbocycles. The van der Waals surface area contributed by atoms with Gasteiger partial charge in [-0.1, -0.05) is 42.1 Å². The van der Waals surface area contributed by atoms with Crippen LogP contribution in [0.4, 0.5) is 5.69 Å². The Kier molecular flexibility index (Phi) is 6.19. The molecular formula is C23H24N6O3S. The number of nitrogens with one attached hydrogen (secondary N) is 2. The molecule has 0 radical (unpaired) electrons. The molecule has 9 nitrogen and oxygen atoms in total. The third-order valence-electron chi connectivity index (χ3n) is 5.42. The van der Waals surface area contributed by atoms with Crippen molar-refractivity contribution in [1.29, 1.82) is 0 Å². The van der Waals surface area contributed by atoms with E-state index in [2.05, 4.69) is 20.8 Å². The smallest absolute Gasteiger partial charge is 0.262 e. The molecule has 170 valence electrons. The number of carbonyl (C=O) groups excluding carboxylic acids is 2. The van der Waals surface area contributed by atoms with Crippen LogP contribution in [-0.4, -0.2) is 42.8 Å². The fourth-order valence-electron chi connectivity index (χ4n) is 3.61. The van der Waals surface area contributed by atoms with Crippen LogP contribution in [0.25, 0.3) is 16.7 Å². The van der Waals surface area contributed by atoms with Gasteiger partial charge < -0.3 is 10.6 Å². The van der Waals surface area contributed by atoms with Crippen LogP contribution in [0, 0.1) is 13.8 Å². The van der Waals surface area contributed by atoms with Gasteiger partial charge in [-0.3, -0.25) is 23.4 Å². The Bertz CT molecular complexity index is 1420. The van der Waals surface area contributed by atoms with Gasteiger partial charge >= 0.3 is 0 Å². The molecule has 0 spiro atoms. The maximum absolute atomic E-state index is 12.7. The average Bonchev–Trinajstić information content (AvgIpc) is 3.22. The van der Waals surface area contributed by atoms with Crippen molar-refractivity contribution in [2.75, 3.05) is 11.9 Å². The highest BCUT2D eigenvalue weighted by molar-refractivity contribution is 8.00. The van der Waals surface area contributed by atoms with Gasteiger partial charge in [0.2, 0.25) is 17.6 Å². The van der Waals surface area contributed by atoms with Gasteiger partial charge in [0.15, 0.2) is 5.16 Å². The van der Waals surface area contributed by atoms with Gasteiger partial charge in [-0.25, -0.2) is 0 Å². The second-order valence-electron chi connectivity index (χ2n) is 7.79. The molecule has 2 amide bonds. The van der Waals surface area contributed by atoms with E-state index in [0.717, 1.165) is 16.8 Å². The summed E-state index contributed by atoms with van der Waals surface area (Å²) in [5, 5.41) is 14.3. The quantitative estimate of drug-likeness (QED) is 0.424. The number of hydrogen-bond acceptors (Lipinski definition) is 6. The van der Waals surface area contributed by atoms with E-state index in [9.17, 15) is 14.4 Å². The predicted octanol–water partition coefficient (Wildman–Crippen LogP) is 2.43. The number of amides is 2. The molecule has 10 heteroatoms. The molecule has 33 heavy (non-hydrogen) atoms. The first-order valence-electron chi connectivity index (χ1n) is 10.4. The van der Waals surface area contributed by atoms with E-state index >= 15 is 0 Å². The number of hydrogen-bond donors (Lipinski definition) is 2. The first-order chi connectivity index (χ1) is 15.8. The van der Waals surface area contributed by atoms with E-state index in [1.54, 1.807) is 30.5 Å². The molecule has 2 aromatic heterocycles. The summed E-state index contributed by atoms with van der Waals surface area (Å²) in [6, 6.07) is 13.0. The highest BCUT2D eigenvalue weighted by Crippen LogP contribution is 2.25. The average molecular weight is 465 g/mol. The minimum absolute atomic E-state index is 0.143. The Labute approximate surface area is 194 Å². The number of rotatable bonds is 6. The van der Waals surface area contributed by atoms with E-state index in [4.69, 9.17) is 0 Å². The summed E-state index contributed by atoms with van der Waals surface area (Å²) in [5.74, 6) is -0.212. The normalized spacial score (nSPS) is 12.1. The number of carbonyl (C=O) groups is 2. The number of benzene rings is 2. The monoisotopic (exact) mass is 464 g/mol. The fraction of sp³-hybridized carbons (Fsp3) is 0.261. The Balaban J connectivity index is 1.47. The SMILES string of the molecule is Cc1cccc(C)c1NC(=O)CNC(=O)C(C)Sc1nnc2n(C)c(=O)c3ccccc3n12. The largest absolute Gasteiger partial charge is 0.346 e. The van der Waals surface area contributed by atoms with Gasteiger partial charge in [0, 0.05) is 12.7 Å². The van der Waals surface area contributed by atoms with Gasteiger partial charge in [0.1, 0.15) is 0 Å². The van der Waals surface area contributed by atoms with E-state index < -0.39 is 5.25 Å². The third-order valence-corrected chi connectivity index (χ3v) is 6.46. The number of nitrogens with zero attached hydrogens (tertiary/aromatic N) is 4. The maximum atomic E-state index is 12.7. The van der Waals surface area contributed by atoms with Crippen molar-refractivity contribution in [3.8, 4) is 0 Å². The standard InChI is InChI=1S/C23H24N6O3S/c1-13-8-7-9-14(2)19(13)25-18(30)12-24-20(31)15(3)33-23-27-26-22-28(4)21(32)16-10-5-6-11-17(16)29(22)23/h5-11,15H,12H2,1-4H3,(H,24,31)(H,25,30). The molecule has 0 saturated heterocycles. The highest BCUT2D eigenvalue weighted by Gasteiger charge is 2.21. The third kappa shape index (κ3) is 4.34. The lowest BCUT2D eigenvalue weighted by molar-refractivity contribution is -0.123. The van der Waals surface area contributed by atoms with E-state index in [0.29, 0.717) is 21.8 Å². The molecule has 1 unspecified atom stereocenters. The molecule has 4 aromatic rings. The number of fused-ring (bicyclic) bond motifs is 3. The zero-order valence-corrected chi connectivity index (χ0v) is 19.6. The number of thioether (sulfide) groups is 1. The van der Waals surface area contributed by atoms with Crippen LogP contribution in [0.15, 0.2) is 52.4 Å². The summed E-state index contributed by atoms with van der Waals surface area (Å²) in [5.41, 5.74) is 3.18. The van der Waals surface area contributed by atoms with E-state index in [1.807, 2.05) is 44.2 Å². The maximum Gasteiger partial charge on any atom is 0.262 e. The Hall–Kier alpha value is -3.66. The van der Waals surface area contributed by atoms with Crippen molar-refractivity contribution in [2.24, 2.45) is 7.05 Å². The molecule has 4 rings (SSSR count). The van der Waals surface area contributed by atoms with Crippen LogP contribution in [-0.2, 0) is 16.6 Å². The zero-order valence-electron chi connectivity index (χ0n) is 18.7. The summed E-state index contributed by atoms with van der Waals surface area (Å²) in [7, 11) is 1.64. The van der Waals surface area contributed by atoms with Gasteiger partial charge in [-0.15, -0.1) is 10.2 Å². The highest BCUT2D eigenvalue weighted by atomic mass is 32.2. The van der Waals surface area contributed by atoms with E-state index in [1.165, 1.54) is 16.3 Å². The molecular weight excluding hydrogens is 440 g/mol. The first kappa shape index (κ1) is 22.5. The molecule has 0 saturated carbocycles. The fourth-order valence-corrected chi connectivity index (χ4v) is 4.49. The minimum Gasteiger partial charge on any atom is -0.346 e. The Morgan fingerprint density at radius 3 is 2.48 bits per heavy atom. The molecule has 0 aliphatic rings. The molecule has 0 bridgehead atoms. The predicted molar refractivity (Wildman–Crippen MR) is 129 cm³/mol. The van der Waals surface area contributed by atoms with Crippen molar-refractivity contribution in [3.63, 3.8) is 0 Å².